The summed E-state index contributed by atoms with van der Waals surface area (Å²) in [5.74, 6) is -0.418. The second-order valence-electron chi connectivity index (χ2n) is 3.53. The van der Waals surface area contributed by atoms with Gasteiger partial charge in [0.15, 0.2) is 0 Å². The lowest BCUT2D eigenvalue weighted by Crippen LogP contribution is -2.20. The Morgan fingerprint density at radius 2 is 2.18 bits per heavy atom. The molecular weight excluding hydrogens is 242 g/mol. The van der Waals surface area contributed by atoms with Gasteiger partial charge in [0.2, 0.25) is 0 Å². The maximum atomic E-state index is 11.3. The zero-order valence-corrected chi connectivity index (χ0v) is 10.2. The standard InChI is InChI=1S/C11H15NO4S/c1-16-11(15)7-3-2-6(4-8(7)12)10(14)9(13)5-17/h2-4,9-10,13-14,17H,5,12H2,1H3. The Morgan fingerprint density at radius 3 is 2.65 bits per heavy atom. The number of aliphatic hydroxyl groups is 2. The van der Waals surface area contributed by atoms with Crippen LogP contribution in [0.1, 0.15) is 22.0 Å². The summed E-state index contributed by atoms with van der Waals surface area (Å²) in [4.78, 5) is 11.3. The van der Waals surface area contributed by atoms with E-state index in [1.807, 2.05) is 0 Å². The van der Waals surface area contributed by atoms with Crippen molar-refractivity contribution >= 4 is 24.3 Å². The molecular formula is C11H15NO4S. The molecule has 94 valence electrons. The van der Waals surface area contributed by atoms with E-state index in [0.29, 0.717) is 5.56 Å². The number of carbonyl (C=O) groups is 1. The van der Waals surface area contributed by atoms with Gasteiger partial charge < -0.3 is 20.7 Å². The number of hydrogen-bond acceptors (Lipinski definition) is 6. The summed E-state index contributed by atoms with van der Waals surface area (Å²) in [7, 11) is 1.26. The van der Waals surface area contributed by atoms with Gasteiger partial charge in [-0.1, -0.05) is 6.07 Å². The highest BCUT2D eigenvalue weighted by Gasteiger charge is 2.19. The first kappa shape index (κ1) is 13.8. The fourth-order valence-electron chi connectivity index (χ4n) is 1.38. The van der Waals surface area contributed by atoms with Crippen molar-refractivity contribution in [2.45, 2.75) is 12.2 Å². The van der Waals surface area contributed by atoms with E-state index in [-0.39, 0.29) is 17.0 Å². The van der Waals surface area contributed by atoms with Crippen molar-refractivity contribution in [3.05, 3.63) is 29.3 Å². The summed E-state index contributed by atoms with van der Waals surface area (Å²) < 4.78 is 4.54. The van der Waals surface area contributed by atoms with Gasteiger partial charge >= 0.3 is 5.97 Å². The molecule has 1 aromatic rings. The summed E-state index contributed by atoms with van der Waals surface area (Å²) >= 11 is 3.88. The summed E-state index contributed by atoms with van der Waals surface area (Å²) in [6.07, 6.45) is -2.07. The van der Waals surface area contributed by atoms with E-state index in [0.717, 1.165) is 0 Å². The number of rotatable bonds is 4. The highest BCUT2D eigenvalue weighted by Crippen LogP contribution is 2.23. The number of thiol groups is 1. The third kappa shape index (κ3) is 3.12. The van der Waals surface area contributed by atoms with E-state index in [2.05, 4.69) is 17.4 Å². The quantitative estimate of drug-likeness (QED) is 0.355. The Balaban J connectivity index is 3.00. The van der Waals surface area contributed by atoms with Gasteiger partial charge in [-0.2, -0.15) is 12.6 Å². The van der Waals surface area contributed by atoms with Crippen LogP contribution in [0.25, 0.3) is 0 Å². The largest absolute Gasteiger partial charge is 0.465 e. The Morgan fingerprint density at radius 1 is 1.53 bits per heavy atom. The zero-order valence-electron chi connectivity index (χ0n) is 9.33. The molecule has 17 heavy (non-hydrogen) atoms. The van der Waals surface area contributed by atoms with E-state index >= 15 is 0 Å². The van der Waals surface area contributed by atoms with Crippen molar-refractivity contribution in [1.29, 1.82) is 0 Å². The van der Waals surface area contributed by atoms with Crippen LogP contribution in [0.5, 0.6) is 0 Å². The van der Waals surface area contributed by atoms with Gasteiger partial charge in [-0.25, -0.2) is 4.79 Å². The molecule has 0 saturated heterocycles. The highest BCUT2D eigenvalue weighted by atomic mass is 32.1. The van der Waals surface area contributed by atoms with E-state index in [1.54, 1.807) is 0 Å². The average molecular weight is 257 g/mol. The number of nitrogens with two attached hydrogens (primary N) is 1. The molecule has 0 aliphatic heterocycles. The van der Waals surface area contributed by atoms with Crippen molar-refractivity contribution < 1.29 is 19.7 Å². The summed E-state index contributed by atoms with van der Waals surface area (Å²) in [5.41, 5.74) is 6.51. The van der Waals surface area contributed by atoms with E-state index < -0.39 is 18.2 Å². The molecule has 0 radical (unpaired) electrons. The summed E-state index contributed by atoms with van der Waals surface area (Å²) in [6.45, 7) is 0. The van der Waals surface area contributed by atoms with Crippen LogP contribution in [-0.4, -0.2) is 35.1 Å². The summed E-state index contributed by atoms with van der Waals surface area (Å²) in [5, 5.41) is 19.2. The molecule has 1 rings (SSSR count). The van der Waals surface area contributed by atoms with Gasteiger partial charge in [0.1, 0.15) is 6.10 Å². The SMILES string of the molecule is COC(=O)c1ccc(C(O)C(O)CS)cc1N. The van der Waals surface area contributed by atoms with Crippen molar-refractivity contribution in [3.63, 3.8) is 0 Å². The molecule has 1 aromatic carbocycles. The number of methoxy groups -OCH3 is 1. The number of aliphatic hydroxyl groups excluding tert-OH is 2. The van der Waals surface area contributed by atoms with Crippen LogP contribution in [0.15, 0.2) is 18.2 Å². The molecule has 6 heteroatoms. The van der Waals surface area contributed by atoms with Crippen molar-refractivity contribution in [1.82, 2.24) is 0 Å². The van der Waals surface area contributed by atoms with Crippen LogP contribution in [0.4, 0.5) is 5.69 Å². The molecule has 2 atom stereocenters. The van der Waals surface area contributed by atoms with Crippen molar-refractivity contribution in [2.75, 3.05) is 18.6 Å². The van der Waals surface area contributed by atoms with Crippen LogP contribution in [-0.2, 0) is 4.74 Å². The van der Waals surface area contributed by atoms with E-state index in [4.69, 9.17) is 5.73 Å². The third-order valence-corrected chi connectivity index (χ3v) is 2.75. The highest BCUT2D eigenvalue weighted by molar-refractivity contribution is 7.80. The van der Waals surface area contributed by atoms with E-state index in [1.165, 1.54) is 25.3 Å². The van der Waals surface area contributed by atoms with Gasteiger partial charge in [0.25, 0.3) is 0 Å². The normalized spacial score (nSPS) is 14.1. The van der Waals surface area contributed by atoms with Crippen LogP contribution >= 0.6 is 12.6 Å². The molecule has 0 aliphatic rings. The predicted molar refractivity (Wildman–Crippen MR) is 67.0 cm³/mol. The van der Waals surface area contributed by atoms with Crippen LogP contribution in [0.2, 0.25) is 0 Å². The lowest BCUT2D eigenvalue weighted by atomic mass is 10.0. The number of benzene rings is 1. The molecule has 0 aromatic heterocycles. The van der Waals surface area contributed by atoms with Gasteiger partial charge in [-0.3, -0.25) is 0 Å². The topological polar surface area (TPSA) is 92.8 Å². The Kier molecular flexibility index (Phi) is 4.80. The molecule has 0 saturated carbocycles. The number of anilines is 1. The monoisotopic (exact) mass is 257 g/mol. The smallest absolute Gasteiger partial charge is 0.339 e. The summed E-state index contributed by atoms with van der Waals surface area (Å²) in [6, 6.07) is 4.40. The number of carbonyl (C=O) groups excluding carboxylic acids is 1. The van der Waals surface area contributed by atoms with Gasteiger partial charge in [-0.05, 0) is 17.7 Å². The van der Waals surface area contributed by atoms with Gasteiger partial charge in [-0.15, -0.1) is 0 Å². The molecule has 0 fully saturated rings. The molecule has 0 amide bonds. The number of nitrogen functional groups attached to an aromatic ring is 1. The Labute approximate surface area is 105 Å². The minimum Gasteiger partial charge on any atom is -0.465 e. The Bertz CT molecular complexity index is 410. The second-order valence-corrected chi connectivity index (χ2v) is 3.90. The van der Waals surface area contributed by atoms with Gasteiger partial charge in [0.05, 0.1) is 18.8 Å². The first-order chi connectivity index (χ1) is 8.01. The second kappa shape index (κ2) is 5.90. The van der Waals surface area contributed by atoms with Crippen molar-refractivity contribution in [3.8, 4) is 0 Å². The maximum absolute atomic E-state index is 11.3. The lowest BCUT2D eigenvalue weighted by Gasteiger charge is -2.17. The first-order valence-corrected chi connectivity index (χ1v) is 5.59. The molecule has 2 unspecified atom stereocenters. The fourth-order valence-corrected chi connectivity index (χ4v) is 1.58. The van der Waals surface area contributed by atoms with Gasteiger partial charge in [0, 0.05) is 11.4 Å². The molecule has 0 bridgehead atoms. The minimum atomic E-state index is -1.08. The van der Waals surface area contributed by atoms with E-state index in [9.17, 15) is 15.0 Å². The van der Waals surface area contributed by atoms with Crippen LogP contribution < -0.4 is 5.73 Å². The fraction of sp³-hybridized carbons (Fsp3) is 0.364. The third-order valence-electron chi connectivity index (χ3n) is 2.37. The van der Waals surface area contributed by atoms with Crippen molar-refractivity contribution in [2.24, 2.45) is 0 Å². The number of ether oxygens (including phenoxy) is 1. The first-order valence-electron chi connectivity index (χ1n) is 4.96. The zero-order chi connectivity index (χ0) is 13.0. The predicted octanol–water partition coefficient (Wildman–Crippen LogP) is 0.380. The molecule has 0 aliphatic carbocycles. The molecule has 0 heterocycles. The maximum Gasteiger partial charge on any atom is 0.339 e. The number of esters is 1. The Hall–Kier alpha value is -1.24. The number of hydrogen-bond donors (Lipinski definition) is 4. The van der Waals surface area contributed by atoms with Crippen LogP contribution in [0.3, 0.4) is 0 Å². The van der Waals surface area contributed by atoms with Crippen LogP contribution in [0, 0.1) is 0 Å². The average Bonchev–Trinajstić information content (AvgIpc) is 2.35. The molecule has 0 spiro atoms. The lowest BCUT2D eigenvalue weighted by molar-refractivity contribution is 0.0338. The molecule has 5 nitrogen and oxygen atoms in total. The molecule has 4 N–H and O–H groups in total. The minimum absolute atomic E-state index is 0.125.